The molecule has 9 N–H and O–H groups in total. The molecule has 3 amide bonds. The van der Waals surface area contributed by atoms with Gasteiger partial charge in [0.2, 0.25) is 11.8 Å². The van der Waals surface area contributed by atoms with E-state index in [1.165, 1.54) is 12.0 Å². The van der Waals surface area contributed by atoms with E-state index in [0.717, 1.165) is 44.3 Å². The minimum Gasteiger partial charge on any atom is -0.489 e. The van der Waals surface area contributed by atoms with E-state index in [0.29, 0.717) is 74.6 Å². The molecule has 4 aromatic carbocycles. The Morgan fingerprint density at radius 3 is 1.42 bits per heavy atom. The molecule has 390 valence electrons. The summed E-state index contributed by atoms with van der Waals surface area (Å²) < 4.78 is 17.1. The molecule has 2 fully saturated rings. The van der Waals surface area contributed by atoms with Gasteiger partial charge in [-0.1, -0.05) is 88.4 Å². The molecule has 2 aliphatic heterocycles. The van der Waals surface area contributed by atoms with Crippen LogP contribution in [-0.2, 0) is 48.2 Å². The minimum absolute atomic E-state index is 0. The highest BCUT2D eigenvalue weighted by Crippen LogP contribution is 2.36. The largest absolute Gasteiger partial charge is 0.489 e. The molecule has 0 aliphatic carbocycles. The number of para-hydroxylation sites is 2. The normalized spacial score (nSPS) is 18.1. The van der Waals surface area contributed by atoms with E-state index in [-0.39, 0.29) is 28.4 Å². The number of aryl methyl sites for hydroxylation is 2. The van der Waals surface area contributed by atoms with Crippen molar-refractivity contribution in [3.05, 3.63) is 143 Å². The van der Waals surface area contributed by atoms with Crippen LogP contribution in [0.3, 0.4) is 0 Å². The number of halogens is 1. The van der Waals surface area contributed by atoms with Gasteiger partial charge in [0.25, 0.3) is 5.91 Å². The van der Waals surface area contributed by atoms with E-state index in [1.54, 1.807) is 22.5 Å². The first kappa shape index (κ1) is 56.8. The van der Waals surface area contributed by atoms with Crippen molar-refractivity contribution in [3.8, 4) is 11.5 Å². The van der Waals surface area contributed by atoms with Gasteiger partial charge in [0, 0.05) is 46.4 Å². The van der Waals surface area contributed by atoms with E-state index < -0.39 is 35.0 Å². The molecule has 8 rings (SSSR count). The van der Waals surface area contributed by atoms with E-state index >= 15 is 0 Å². The molecule has 0 radical (unpaired) electrons. The number of likely N-dealkylation sites (tertiary alicyclic amines) is 2. The monoisotopic (exact) mass is 1000 g/mol. The van der Waals surface area contributed by atoms with Gasteiger partial charge in [-0.25, -0.2) is 16.2 Å². The van der Waals surface area contributed by atoms with E-state index in [9.17, 15) is 19.2 Å². The zero-order valence-corrected chi connectivity index (χ0v) is 42.5. The zero-order valence-electron chi connectivity index (χ0n) is 42.5. The summed E-state index contributed by atoms with van der Waals surface area (Å²) in [5.41, 5.74) is 19.7. The number of rotatable bonds is 16. The van der Waals surface area contributed by atoms with Crippen LogP contribution < -0.4 is 32.3 Å². The first-order valence-corrected chi connectivity index (χ1v) is 24.1. The van der Waals surface area contributed by atoms with Crippen LogP contribution in [0.15, 0.2) is 109 Å². The third-order valence-corrected chi connectivity index (χ3v) is 13.2. The summed E-state index contributed by atoms with van der Waals surface area (Å²) in [4.78, 5) is 63.5. The lowest BCUT2D eigenvalue weighted by molar-refractivity contribution is -0.153. The molecule has 2 aliphatic rings. The Hall–Kier alpha value is -7.09. The van der Waals surface area contributed by atoms with Gasteiger partial charge in [0.15, 0.2) is 0 Å². The van der Waals surface area contributed by atoms with Crippen LogP contribution >= 0.6 is 0 Å². The molecule has 0 spiro atoms. The van der Waals surface area contributed by atoms with Gasteiger partial charge in [-0.15, -0.1) is 0 Å². The Labute approximate surface area is 425 Å². The number of hydroxylamine groups is 1. The number of hydrogen-bond acceptors (Lipinski definition) is 14. The first-order valence-electron chi connectivity index (χ1n) is 24.1. The summed E-state index contributed by atoms with van der Waals surface area (Å²) >= 11 is 0. The maximum atomic E-state index is 13.4. The molecule has 2 saturated heterocycles. The highest BCUT2D eigenvalue weighted by atomic mass is 19.0. The first-order chi connectivity index (χ1) is 34.4. The molecular formula is C55H69FN8O9. The lowest BCUT2D eigenvalue weighted by Crippen LogP contribution is -2.52. The number of carbonyl (C=O) groups is 4. The Kier molecular flexibility index (Phi) is 19.5. The van der Waals surface area contributed by atoms with E-state index in [4.69, 9.17) is 36.1 Å². The lowest BCUT2D eigenvalue weighted by Gasteiger charge is -2.30. The van der Waals surface area contributed by atoms with Gasteiger partial charge in [-0.2, -0.15) is 0 Å². The Bertz CT molecular complexity index is 2660. The summed E-state index contributed by atoms with van der Waals surface area (Å²) in [5, 5.41) is 17.8. The number of nitrogens with two attached hydrogens (primary N) is 3. The second kappa shape index (κ2) is 25.0. The number of hydrogen-bond donors (Lipinski definition) is 6. The SMILES string of the molecule is COC(=O)[C@@H](CC(C)C)N1CC[C@@](N)(c2ccc(OCc3cc(C)nc4ccccc34)cc2)C1=O.Cc1cc(COc2ccc([C@]3(N)CCN([C@H](CC(C)C)C(=O)NO)C3=O)cc2)c2ccccc2n1.F.NO. The number of fused-ring (bicyclic) bond motifs is 2. The molecule has 0 unspecified atom stereocenters. The van der Waals surface area contributed by atoms with E-state index in [2.05, 4.69) is 15.9 Å². The number of pyridine rings is 2. The summed E-state index contributed by atoms with van der Waals surface area (Å²) in [7, 11) is 1.35. The standard InChI is InChI=1S/C28H33N3O4.C27H32N4O4.FH.H3NO/c1-18(2)15-25(26(32)34-4)31-14-13-28(29,27(31)33)21-9-11-22(12-10-21)35-17-20-16-19(3)30-24-8-6-5-7-23(20)24;1-17(2)14-24(25(32)30-34)31-13-12-27(28,26(31)33)20-8-10-21(11-9-20)35-16-19-15-18(3)29-23-7-5-4-6-22(19)23;;1-2/h5-12,16,18,25H,13-15,17,29H2,1-4H3;4-11,15,17,24,34H,12-14,16,28H2,1-3H3,(H,30,32);1H;2H,1H2/t25-,28-;24-,27-;;/m11../s1. The molecule has 4 atom stereocenters. The average Bonchev–Trinajstić information content (AvgIpc) is 3.86. The van der Waals surface area contributed by atoms with Crippen molar-refractivity contribution in [2.45, 2.75) is 104 Å². The van der Waals surface area contributed by atoms with Crippen molar-refractivity contribution in [2.75, 3.05) is 20.2 Å². The molecule has 18 heteroatoms. The number of nitrogens with zero attached hydrogens (tertiary/aromatic N) is 4. The third kappa shape index (κ3) is 12.9. The van der Waals surface area contributed by atoms with Crippen molar-refractivity contribution in [3.63, 3.8) is 0 Å². The molecular weight excluding hydrogens is 936 g/mol. The quantitative estimate of drug-likeness (QED) is 0.0324. The Morgan fingerprint density at radius 1 is 0.658 bits per heavy atom. The highest BCUT2D eigenvalue weighted by Gasteiger charge is 2.50. The summed E-state index contributed by atoms with van der Waals surface area (Å²) in [6, 6.07) is 33.2. The van der Waals surface area contributed by atoms with Crippen molar-refractivity contribution < 1.29 is 48.5 Å². The van der Waals surface area contributed by atoms with Crippen LogP contribution in [0.5, 0.6) is 11.5 Å². The van der Waals surface area contributed by atoms with Gasteiger partial charge >= 0.3 is 5.97 Å². The summed E-state index contributed by atoms with van der Waals surface area (Å²) in [5.74, 6) is 3.67. The number of methoxy groups -OCH3 is 1. The van der Waals surface area contributed by atoms with Gasteiger partial charge in [0.05, 0.1) is 18.1 Å². The second-order valence-electron chi connectivity index (χ2n) is 19.2. The molecule has 4 heterocycles. The van der Waals surface area contributed by atoms with Crippen LogP contribution in [0.1, 0.15) is 87.0 Å². The van der Waals surface area contributed by atoms with Crippen LogP contribution in [-0.4, -0.2) is 86.2 Å². The smallest absolute Gasteiger partial charge is 0.328 e. The zero-order chi connectivity index (χ0) is 52.3. The fraction of sp³-hybridized carbons (Fsp3) is 0.382. The molecule has 0 saturated carbocycles. The molecule has 6 aromatic rings. The number of carbonyl (C=O) groups excluding carboxylic acids is 4. The van der Waals surface area contributed by atoms with Crippen molar-refractivity contribution in [1.82, 2.24) is 25.2 Å². The second-order valence-corrected chi connectivity index (χ2v) is 19.2. The highest BCUT2D eigenvalue weighted by molar-refractivity contribution is 5.95. The van der Waals surface area contributed by atoms with Crippen LogP contribution in [0.2, 0.25) is 0 Å². The molecule has 17 nitrogen and oxygen atoms in total. The Balaban J connectivity index is 0.000000258. The predicted molar refractivity (Wildman–Crippen MR) is 276 cm³/mol. The van der Waals surface area contributed by atoms with Crippen LogP contribution in [0, 0.1) is 25.7 Å². The van der Waals surface area contributed by atoms with Crippen molar-refractivity contribution >= 4 is 45.5 Å². The number of aromatic nitrogens is 2. The van der Waals surface area contributed by atoms with E-state index in [1.807, 2.05) is 139 Å². The molecule has 2 aromatic heterocycles. The average molecular weight is 1010 g/mol. The van der Waals surface area contributed by atoms with Gasteiger partial charge in [-0.05, 0) is 111 Å². The summed E-state index contributed by atoms with van der Waals surface area (Å²) in [6.07, 6.45) is 1.77. The van der Waals surface area contributed by atoms with Crippen molar-refractivity contribution in [1.29, 1.82) is 0 Å². The number of amides is 3. The number of esters is 1. The molecule has 0 bridgehead atoms. The number of ether oxygens (including phenoxy) is 3. The minimum atomic E-state index is -1.23. The Morgan fingerprint density at radius 2 is 1.04 bits per heavy atom. The third-order valence-electron chi connectivity index (χ3n) is 13.2. The number of nitrogens with one attached hydrogen (secondary N) is 1. The maximum Gasteiger partial charge on any atom is 0.328 e. The fourth-order valence-electron chi connectivity index (χ4n) is 9.53. The van der Waals surface area contributed by atoms with Gasteiger partial charge in [-0.3, -0.25) is 34.3 Å². The predicted octanol–water partition coefficient (Wildman–Crippen LogP) is 7.01. The summed E-state index contributed by atoms with van der Waals surface area (Å²) in [6.45, 7) is 13.4. The van der Waals surface area contributed by atoms with Gasteiger partial charge < -0.3 is 40.7 Å². The van der Waals surface area contributed by atoms with Crippen molar-refractivity contribution in [2.24, 2.45) is 29.2 Å². The topological polar surface area (TPSA) is 259 Å². The fourth-order valence-corrected chi connectivity index (χ4v) is 9.53. The van der Waals surface area contributed by atoms with Gasteiger partial charge in [0.1, 0.15) is 47.9 Å². The number of benzene rings is 4. The van der Waals surface area contributed by atoms with Crippen LogP contribution in [0.4, 0.5) is 4.70 Å². The molecule has 73 heavy (non-hydrogen) atoms. The van der Waals surface area contributed by atoms with Crippen LogP contribution in [0.25, 0.3) is 21.8 Å². The maximum absolute atomic E-state index is 13.4. The lowest BCUT2D eigenvalue weighted by atomic mass is 9.89.